The molecule has 0 unspecified atom stereocenters. The summed E-state index contributed by atoms with van der Waals surface area (Å²) in [6.07, 6.45) is 5.02. The second-order valence-corrected chi connectivity index (χ2v) is 9.92. The van der Waals surface area contributed by atoms with Crippen LogP contribution in [0, 0.1) is 5.82 Å². The zero-order valence-corrected chi connectivity index (χ0v) is 21.4. The summed E-state index contributed by atoms with van der Waals surface area (Å²) >= 11 is 0. The lowest BCUT2D eigenvalue weighted by atomic mass is 9.87. The van der Waals surface area contributed by atoms with Gasteiger partial charge in [-0.2, -0.15) is 0 Å². The lowest BCUT2D eigenvalue weighted by Gasteiger charge is -2.38. The Balaban J connectivity index is 1.53. The van der Waals surface area contributed by atoms with Gasteiger partial charge < -0.3 is 14.5 Å². The van der Waals surface area contributed by atoms with Crippen molar-refractivity contribution >= 4 is 11.1 Å². The molecule has 0 saturated carbocycles. The lowest BCUT2D eigenvalue weighted by molar-refractivity contribution is 0.0401. The van der Waals surface area contributed by atoms with E-state index in [1.165, 1.54) is 23.5 Å². The lowest BCUT2D eigenvalue weighted by Crippen LogP contribution is -2.51. The van der Waals surface area contributed by atoms with Gasteiger partial charge in [0.2, 0.25) is 11.6 Å². The molecular formula is C32H30FN3O2. The van der Waals surface area contributed by atoms with E-state index in [-0.39, 0.29) is 5.82 Å². The highest BCUT2D eigenvalue weighted by atomic mass is 19.1. The maximum atomic E-state index is 15.1. The first-order chi connectivity index (χ1) is 18.7. The fraction of sp³-hybridized carbons (Fsp3) is 0.250. The molecule has 0 aliphatic carbocycles. The molecule has 6 rings (SSSR count). The van der Waals surface area contributed by atoms with Crippen molar-refractivity contribution in [3.8, 4) is 28.3 Å². The molecular weight excluding hydrogens is 477 g/mol. The number of nitrogens with one attached hydrogen (secondary N) is 1. The summed E-state index contributed by atoms with van der Waals surface area (Å²) in [5.74, 6) is 0.521. The largest absolute Gasteiger partial charge is 0.469 e. The predicted octanol–water partition coefficient (Wildman–Crippen LogP) is 7.00. The number of ether oxygens (including phenoxy) is 1. The van der Waals surface area contributed by atoms with Gasteiger partial charge in [-0.15, -0.1) is 0 Å². The Kier molecular flexibility index (Phi) is 6.64. The summed E-state index contributed by atoms with van der Waals surface area (Å²) in [5, 5.41) is 4.18. The minimum Gasteiger partial charge on any atom is -0.469 e. The van der Waals surface area contributed by atoms with E-state index in [9.17, 15) is 0 Å². The molecule has 0 amide bonds. The zero-order chi connectivity index (χ0) is 26.0. The van der Waals surface area contributed by atoms with Crippen molar-refractivity contribution in [2.45, 2.75) is 38.2 Å². The molecule has 0 radical (unpaired) electrons. The van der Waals surface area contributed by atoms with Crippen molar-refractivity contribution in [3.63, 3.8) is 0 Å². The topological polar surface area (TPSA) is 60.2 Å². The minimum atomic E-state index is -0.486. The second-order valence-electron chi connectivity index (χ2n) is 9.92. The summed E-state index contributed by atoms with van der Waals surface area (Å²) in [4.78, 5) is 9.06. The van der Waals surface area contributed by atoms with Gasteiger partial charge in [0.05, 0.1) is 5.56 Å². The van der Waals surface area contributed by atoms with Crippen LogP contribution in [0.3, 0.4) is 0 Å². The molecule has 1 atom stereocenters. The smallest absolute Gasteiger partial charge is 0.234 e. The Hall–Kier alpha value is -4.03. The molecule has 0 bridgehead atoms. The van der Waals surface area contributed by atoms with E-state index in [4.69, 9.17) is 9.15 Å². The maximum absolute atomic E-state index is 15.1. The predicted molar refractivity (Wildman–Crippen MR) is 148 cm³/mol. The molecule has 1 aliphatic rings. The number of nitrogens with zero attached hydrogens (tertiary/aromatic N) is 2. The van der Waals surface area contributed by atoms with E-state index in [1.807, 2.05) is 18.2 Å². The molecule has 6 heteroatoms. The molecule has 5 aromatic rings. The SMILES string of the molecule is CCc1ccc(-c2c(-c3ccccc3F)oc3ncnc(O[C@@]4(Cc5ccccc5)CCCNC4)c23)cc1. The minimum absolute atomic E-state index is 0.356. The van der Waals surface area contributed by atoms with Crippen LogP contribution in [0.25, 0.3) is 33.6 Å². The first-order valence-electron chi connectivity index (χ1n) is 13.2. The van der Waals surface area contributed by atoms with Gasteiger partial charge in [0.25, 0.3) is 0 Å². The number of aromatic nitrogens is 2. The average molecular weight is 508 g/mol. The highest BCUT2D eigenvalue weighted by Crippen LogP contribution is 2.45. The fourth-order valence-electron chi connectivity index (χ4n) is 5.39. The summed E-state index contributed by atoms with van der Waals surface area (Å²) in [6, 6.07) is 25.3. The van der Waals surface area contributed by atoms with Crippen LogP contribution in [-0.4, -0.2) is 28.7 Å². The van der Waals surface area contributed by atoms with E-state index in [0.717, 1.165) is 43.4 Å². The van der Waals surface area contributed by atoms with Crippen molar-refractivity contribution in [2.24, 2.45) is 0 Å². The average Bonchev–Trinajstić information content (AvgIpc) is 3.35. The number of halogens is 1. The second kappa shape index (κ2) is 10.4. The van der Waals surface area contributed by atoms with Crippen LogP contribution in [0.2, 0.25) is 0 Å². The summed E-state index contributed by atoms with van der Waals surface area (Å²) in [6.45, 7) is 3.78. The van der Waals surface area contributed by atoms with Gasteiger partial charge in [0.15, 0.2) is 0 Å². The van der Waals surface area contributed by atoms with Crippen molar-refractivity contribution in [1.82, 2.24) is 15.3 Å². The number of benzene rings is 3. The Bertz CT molecular complexity index is 1540. The number of fused-ring (bicyclic) bond motifs is 1. The zero-order valence-electron chi connectivity index (χ0n) is 21.4. The van der Waals surface area contributed by atoms with Gasteiger partial charge >= 0.3 is 0 Å². The van der Waals surface area contributed by atoms with Crippen molar-refractivity contribution < 1.29 is 13.5 Å². The molecule has 0 spiro atoms. The number of hydrogen-bond acceptors (Lipinski definition) is 5. The van der Waals surface area contributed by atoms with Crippen molar-refractivity contribution in [1.29, 1.82) is 0 Å². The van der Waals surface area contributed by atoms with E-state index in [1.54, 1.807) is 18.2 Å². The molecule has 1 fully saturated rings. The number of hydrogen-bond donors (Lipinski definition) is 1. The van der Waals surface area contributed by atoms with Crippen LogP contribution in [0.15, 0.2) is 89.6 Å². The van der Waals surface area contributed by atoms with Crippen LogP contribution in [0.5, 0.6) is 5.88 Å². The van der Waals surface area contributed by atoms with E-state index < -0.39 is 5.60 Å². The van der Waals surface area contributed by atoms with Gasteiger partial charge in [-0.1, -0.05) is 73.7 Å². The number of aryl methyl sites for hydroxylation is 1. The Morgan fingerprint density at radius 3 is 2.47 bits per heavy atom. The quantitative estimate of drug-likeness (QED) is 0.257. The highest BCUT2D eigenvalue weighted by Gasteiger charge is 2.36. The van der Waals surface area contributed by atoms with Crippen LogP contribution in [0.4, 0.5) is 4.39 Å². The van der Waals surface area contributed by atoms with Gasteiger partial charge in [-0.25, -0.2) is 14.4 Å². The summed E-state index contributed by atoms with van der Waals surface area (Å²) < 4.78 is 28.2. The summed E-state index contributed by atoms with van der Waals surface area (Å²) in [5.41, 5.74) is 4.33. The van der Waals surface area contributed by atoms with Crippen LogP contribution < -0.4 is 10.1 Å². The number of furan rings is 1. The highest BCUT2D eigenvalue weighted by molar-refractivity contribution is 6.03. The van der Waals surface area contributed by atoms with Gasteiger partial charge in [-0.05, 0) is 54.6 Å². The third-order valence-electron chi connectivity index (χ3n) is 7.34. The van der Waals surface area contributed by atoms with Crippen molar-refractivity contribution in [3.05, 3.63) is 102 Å². The first kappa shape index (κ1) is 24.3. The monoisotopic (exact) mass is 507 g/mol. The van der Waals surface area contributed by atoms with Gasteiger partial charge in [-0.3, -0.25) is 0 Å². The van der Waals surface area contributed by atoms with Crippen LogP contribution in [-0.2, 0) is 12.8 Å². The Morgan fingerprint density at radius 1 is 0.947 bits per heavy atom. The maximum Gasteiger partial charge on any atom is 0.234 e. The Morgan fingerprint density at radius 2 is 1.74 bits per heavy atom. The molecule has 1 saturated heterocycles. The number of rotatable bonds is 7. The fourth-order valence-corrected chi connectivity index (χ4v) is 5.39. The molecule has 3 aromatic carbocycles. The molecule has 1 N–H and O–H groups in total. The molecule has 38 heavy (non-hydrogen) atoms. The van der Waals surface area contributed by atoms with Crippen molar-refractivity contribution in [2.75, 3.05) is 13.1 Å². The van der Waals surface area contributed by atoms with E-state index in [0.29, 0.717) is 34.8 Å². The van der Waals surface area contributed by atoms with E-state index >= 15 is 4.39 Å². The molecule has 2 aromatic heterocycles. The Labute approximate surface area is 221 Å². The third kappa shape index (κ3) is 4.68. The van der Waals surface area contributed by atoms with Gasteiger partial charge in [0.1, 0.15) is 28.9 Å². The number of piperidine rings is 1. The van der Waals surface area contributed by atoms with Gasteiger partial charge in [0, 0.05) is 18.5 Å². The standard InChI is InChI=1S/C32H30FN3O2/c1-2-22-13-15-24(16-14-22)27-28-30(37-29(27)25-11-6-7-12-26(25)33)35-21-36-31(28)38-32(17-8-18-34-20-32)19-23-9-4-3-5-10-23/h3-7,9-16,21,34H,2,8,17-20H2,1H3/t32-/m1/s1. The molecule has 1 aliphatic heterocycles. The molecule has 192 valence electrons. The van der Waals surface area contributed by atoms with E-state index in [2.05, 4.69) is 58.6 Å². The molecule has 5 nitrogen and oxygen atoms in total. The summed E-state index contributed by atoms with van der Waals surface area (Å²) in [7, 11) is 0. The third-order valence-corrected chi connectivity index (χ3v) is 7.34. The normalized spacial score (nSPS) is 17.5. The molecule has 3 heterocycles. The van der Waals surface area contributed by atoms with Crippen LogP contribution in [0.1, 0.15) is 30.9 Å². The van der Waals surface area contributed by atoms with Crippen LogP contribution >= 0.6 is 0 Å². The first-order valence-corrected chi connectivity index (χ1v) is 13.2.